The predicted molar refractivity (Wildman–Crippen MR) is 52.3 cm³/mol. The lowest BCUT2D eigenvalue weighted by molar-refractivity contribution is -0.392. The highest BCUT2D eigenvalue weighted by Gasteiger charge is 2.26. The van der Waals surface area contributed by atoms with Crippen molar-refractivity contribution in [2.75, 3.05) is 5.43 Å². The molecule has 0 atom stereocenters. The molecule has 0 spiro atoms. The lowest BCUT2D eigenvalue weighted by Crippen LogP contribution is -2.11. The van der Waals surface area contributed by atoms with Crippen LogP contribution in [0, 0.1) is 31.6 Å². The Hall–Kier alpha value is -2.73. The SMILES string of the molecule is N#Cc1cc([N+](=O)[O-])c(NN)c([N+](=O)[O-])c1. The van der Waals surface area contributed by atoms with Crippen LogP contribution in [0.3, 0.4) is 0 Å². The van der Waals surface area contributed by atoms with Crippen LogP contribution < -0.4 is 11.3 Å². The van der Waals surface area contributed by atoms with E-state index in [0.29, 0.717) is 0 Å². The zero-order valence-corrected chi connectivity index (χ0v) is 7.71. The van der Waals surface area contributed by atoms with E-state index in [1.165, 1.54) is 0 Å². The van der Waals surface area contributed by atoms with Gasteiger partial charge in [-0.2, -0.15) is 5.26 Å². The van der Waals surface area contributed by atoms with Gasteiger partial charge in [0.15, 0.2) is 0 Å². The lowest BCUT2D eigenvalue weighted by Gasteiger charge is -2.03. The molecule has 16 heavy (non-hydrogen) atoms. The van der Waals surface area contributed by atoms with E-state index in [1.807, 2.05) is 5.43 Å². The molecule has 1 aromatic rings. The van der Waals surface area contributed by atoms with Gasteiger partial charge in [0.1, 0.15) is 0 Å². The second-order valence-electron chi connectivity index (χ2n) is 2.66. The highest BCUT2D eigenvalue weighted by Crippen LogP contribution is 2.34. The molecule has 1 rings (SSSR count). The molecule has 0 saturated heterocycles. The van der Waals surface area contributed by atoms with Gasteiger partial charge in [0.05, 0.1) is 21.5 Å². The summed E-state index contributed by atoms with van der Waals surface area (Å²) in [5.74, 6) is 4.98. The van der Waals surface area contributed by atoms with Gasteiger partial charge < -0.3 is 5.43 Å². The summed E-state index contributed by atoms with van der Waals surface area (Å²) in [6, 6.07) is 3.40. The first-order valence-electron chi connectivity index (χ1n) is 3.84. The number of hydrogen-bond acceptors (Lipinski definition) is 7. The predicted octanol–water partition coefficient (Wildman–Crippen LogP) is 0.660. The second-order valence-corrected chi connectivity index (χ2v) is 2.66. The molecule has 1 aromatic carbocycles. The highest BCUT2D eigenvalue weighted by atomic mass is 16.6. The van der Waals surface area contributed by atoms with Gasteiger partial charge in [-0.3, -0.25) is 26.1 Å². The molecule has 0 aromatic heterocycles. The Morgan fingerprint density at radius 1 is 1.25 bits per heavy atom. The molecule has 0 aliphatic rings. The Labute approximate surface area is 88.4 Å². The molecule has 0 fully saturated rings. The van der Waals surface area contributed by atoms with E-state index in [4.69, 9.17) is 11.1 Å². The third-order valence-corrected chi connectivity index (χ3v) is 1.76. The monoisotopic (exact) mass is 223 g/mol. The number of hydrazine groups is 1. The topological polar surface area (TPSA) is 148 Å². The summed E-state index contributed by atoms with van der Waals surface area (Å²) in [5, 5.41) is 29.8. The number of benzene rings is 1. The number of nitro benzene ring substituents is 2. The van der Waals surface area contributed by atoms with E-state index < -0.39 is 26.9 Å². The molecule has 0 heterocycles. The number of nitro groups is 2. The first kappa shape index (κ1) is 11.3. The van der Waals surface area contributed by atoms with Gasteiger partial charge in [0, 0.05) is 12.1 Å². The molecule has 0 saturated carbocycles. The number of rotatable bonds is 3. The van der Waals surface area contributed by atoms with Gasteiger partial charge >= 0.3 is 11.4 Å². The summed E-state index contributed by atoms with van der Waals surface area (Å²) in [7, 11) is 0. The molecule has 0 radical (unpaired) electrons. The number of nitrogen functional groups attached to an aromatic ring is 1. The van der Waals surface area contributed by atoms with Crippen molar-refractivity contribution in [1.82, 2.24) is 0 Å². The third kappa shape index (κ3) is 1.86. The minimum Gasteiger partial charge on any atom is -0.313 e. The third-order valence-electron chi connectivity index (χ3n) is 1.76. The minimum absolute atomic E-state index is 0.183. The summed E-state index contributed by atoms with van der Waals surface area (Å²) in [4.78, 5) is 19.5. The van der Waals surface area contributed by atoms with Crippen LogP contribution in [0.5, 0.6) is 0 Å². The molecule has 9 heteroatoms. The number of nitrogens with one attached hydrogen (secondary N) is 1. The van der Waals surface area contributed by atoms with Crippen molar-refractivity contribution >= 4 is 17.1 Å². The second kappa shape index (κ2) is 4.20. The smallest absolute Gasteiger partial charge is 0.302 e. The molecular formula is C7H5N5O4. The number of nitrogens with two attached hydrogens (primary N) is 1. The fraction of sp³-hybridized carbons (Fsp3) is 0. The summed E-state index contributed by atoms with van der Waals surface area (Å²) < 4.78 is 0. The van der Waals surface area contributed by atoms with Gasteiger partial charge in [-0.05, 0) is 0 Å². The average Bonchev–Trinajstić information content (AvgIpc) is 2.26. The Balaban J connectivity index is 3.61. The fourth-order valence-corrected chi connectivity index (χ4v) is 1.11. The van der Waals surface area contributed by atoms with Crippen molar-refractivity contribution in [3.05, 3.63) is 37.9 Å². The Morgan fingerprint density at radius 3 is 1.94 bits per heavy atom. The van der Waals surface area contributed by atoms with Gasteiger partial charge in [0.25, 0.3) is 0 Å². The van der Waals surface area contributed by atoms with Crippen LogP contribution >= 0.6 is 0 Å². The van der Waals surface area contributed by atoms with Gasteiger partial charge in [0.2, 0.25) is 5.69 Å². The Morgan fingerprint density at radius 2 is 1.69 bits per heavy atom. The van der Waals surface area contributed by atoms with E-state index in [2.05, 4.69) is 0 Å². The highest BCUT2D eigenvalue weighted by molar-refractivity contribution is 5.75. The molecule has 0 unspecified atom stereocenters. The number of hydrogen-bond donors (Lipinski definition) is 2. The van der Waals surface area contributed by atoms with Crippen molar-refractivity contribution in [2.45, 2.75) is 0 Å². The van der Waals surface area contributed by atoms with Gasteiger partial charge in [-0.25, -0.2) is 0 Å². The first-order valence-corrected chi connectivity index (χ1v) is 3.84. The van der Waals surface area contributed by atoms with Crippen LogP contribution in [-0.4, -0.2) is 9.85 Å². The Kier molecular flexibility index (Phi) is 2.98. The largest absolute Gasteiger partial charge is 0.313 e. The first-order chi connectivity index (χ1) is 7.51. The molecule has 3 N–H and O–H groups in total. The van der Waals surface area contributed by atoms with Gasteiger partial charge in [-0.1, -0.05) is 0 Å². The van der Waals surface area contributed by atoms with Crippen molar-refractivity contribution in [1.29, 1.82) is 5.26 Å². The Bertz CT molecular complexity index is 471. The van der Waals surface area contributed by atoms with Crippen molar-refractivity contribution in [2.24, 2.45) is 5.84 Å². The summed E-state index contributed by atoms with van der Waals surface area (Å²) >= 11 is 0. The number of anilines is 1. The van der Waals surface area contributed by atoms with Crippen LogP contribution in [0.2, 0.25) is 0 Å². The maximum absolute atomic E-state index is 10.6. The molecule has 0 aliphatic carbocycles. The van der Waals surface area contributed by atoms with Crippen LogP contribution in [0.4, 0.5) is 17.1 Å². The van der Waals surface area contributed by atoms with Gasteiger partial charge in [-0.15, -0.1) is 0 Å². The van der Waals surface area contributed by atoms with E-state index in [0.717, 1.165) is 12.1 Å². The average molecular weight is 223 g/mol. The van der Waals surface area contributed by atoms with Crippen LogP contribution in [0.1, 0.15) is 5.56 Å². The van der Waals surface area contributed by atoms with E-state index in [1.54, 1.807) is 6.07 Å². The maximum atomic E-state index is 10.6. The summed E-state index contributed by atoms with van der Waals surface area (Å²) in [6.07, 6.45) is 0. The summed E-state index contributed by atoms with van der Waals surface area (Å²) in [5.41, 5.74) is 0.0316. The standard InChI is InChI=1S/C7H5N5O4/c8-3-4-1-5(11(13)14)7(10-9)6(2-4)12(15)16/h1-2,10H,9H2. The zero-order valence-electron chi connectivity index (χ0n) is 7.71. The molecule has 0 aliphatic heterocycles. The van der Waals surface area contributed by atoms with Crippen LogP contribution in [0.15, 0.2) is 12.1 Å². The van der Waals surface area contributed by atoms with Crippen molar-refractivity contribution in [3.8, 4) is 6.07 Å². The van der Waals surface area contributed by atoms with E-state index in [9.17, 15) is 20.2 Å². The van der Waals surface area contributed by atoms with Crippen molar-refractivity contribution < 1.29 is 9.85 Å². The van der Waals surface area contributed by atoms with Crippen LogP contribution in [-0.2, 0) is 0 Å². The number of nitrogens with zero attached hydrogens (tertiary/aromatic N) is 3. The van der Waals surface area contributed by atoms with E-state index in [-0.39, 0.29) is 5.56 Å². The molecule has 82 valence electrons. The lowest BCUT2D eigenvalue weighted by atomic mass is 10.1. The molecular weight excluding hydrogens is 218 g/mol. The zero-order chi connectivity index (χ0) is 12.3. The summed E-state index contributed by atoms with van der Waals surface area (Å²) in [6.45, 7) is 0. The van der Waals surface area contributed by atoms with E-state index >= 15 is 0 Å². The van der Waals surface area contributed by atoms with Crippen LogP contribution in [0.25, 0.3) is 0 Å². The minimum atomic E-state index is -0.858. The number of nitriles is 1. The fourth-order valence-electron chi connectivity index (χ4n) is 1.11. The molecule has 0 bridgehead atoms. The molecule has 0 amide bonds. The molecule has 9 nitrogen and oxygen atoms in total. The normalized spacial score (nSPS) is 9.25. The quantitative estimate of drug-likeness (QED) is 0.434. The van der Waals surface area contributed by atoms with Crippen molar-refractivity contribution in [3.63, 3.8) is 0 Å². The maximum Gasteiger partial charge on any atom is 0.302 e.